The van der Waals surface area contributed by atoms with Gasteiger partial charge >= 0.3 is 0 Å². The molecule has 2 aliphatic heterocycles. The van der Waals surface area contributed by atoms with Gasteiger partial charge in [-0.3, -0.25) is 9.88 Å². The maximum Gasteiger partial charge on any atom is 0.170 e. The molecule has 3 aromatic rings. The SMILES string of the molecule is S=C1N[C@H](c2ccccn2)[C@H](c2ccc(Sc3ccc(Cl)cc3)o2)N1CCN1CCOCC1. The van der Waals surface area contributed by atoms with Gasteiger partial charge in [-0.05, 0) is 60.7 Å². The van der Waals surface area contributed by atoms with Gasteiger partial charge in [0.1, 0.15) is 11.8 Å². The van der Waals surface area contributed by atoms with Crippen LogP contribution < -0.4 is 5.32 Å². The molecule has 0 unspecified atom stereocenters. The molecule has 2 aliphatic rings. The molecule has 2 aromatic heterocycles. The maximum absolute atomic E-state index is 6.35. The van der Waals surface area contributed by atoms with E-state index in [4.69, 9.17) is 33.0 Å². The highest BCUT2D eigenvalue weighted by atomic mass is 35.5. The second-order valence-corrected chi connectivity index (χ2v) is 9.89. The average molecular weight is 501 g/mol. The zero-order valence-electron chi connectivity index (χ0n) is 18.0. The summed E-state index contributed by atoms with van der Waals surface area (Å²) in [5, 5.41) is 5.77. The lowest BCUT2D eigenvalue weighted by molar-refractivity contribution is 0.0347. The Morgan fingerprint density at radius 1 is 1.06 bits per heavy atom. The van der Waals surface area contributed by atoms with Gasteiger partial charge in [0.05, 0.1) is 24.9 Å². The Kier molecular flexibility index (Phi) is 7.18. The number of thiocarbonyl (C=S) groups is 1. The number of morpholine rings is 1. The molecule has 0 bridgehead atoms. The average Bonchev–Trinajstić information content (AvgIpc) is 3.44. The van der Waals surface area contributed by atoms with Crippen LogP contribution in [0.2, 0.25) is 5.02 Å². The molecule has 1 N–H and O–H groups in total. The highest BCUT2D eigenvalue weighted by Gasteiger charge is 2.41. The lowest BCUT2D eigenvalue weighted by Crippen LogP contribution is -2.42. The summed E-state index contributed by atoms with van der Waals surface area (Å²) < 4.78 is 11.8. The Balaban J connectivity index is 1.38. The van der Waals surface area contributed by atoms with Crippen molar-refractivity contribution in [1.82, 2.24) is 20.1 Å². The van der Waals surface area contributed by atoms with E-state index in [9.17, 15) is 0 Å². The number of benzene rings is 1. The first-order chi connectivity index (χ1) is 16.2. The zero-order chi connectivity index (χ0) is 22.6. The van der Waals surface area contributed by atoms with E-state index < -0.39 is 0 Å². The van der Waals surface area contributed by atoms with Crippen LogP contribution in [0, 0.1) is 0 Å². The number of nitrogens with one attached hydrogen (secondary N) is 1. The van der Waals surface area contributed by atoms with E-state index in [2.05, 4.69) is 26.2 Å². The number of pyridine rings is 1. The lowest BCUT2D eigenvalue weighted by Gasteiger charge is -2.31. The van der Waals surface area contributed by atoms with Gasteiger partial charge in [0.15, 0.2) is 10.2 Å². The van der Waals surface area contributed by atoms with Crippen molar-refractivity contribution in [1.29, 1.82) is 0 Å². The molecule has 2 atom stereocenters. The van der Waals surface area contributed by atoms with Crippen LogP contribution in [0.1, 0.15) is 23.5 Å². The van der Waals surface area contributed by atoms with E-state index in [0.29, 0.717) is 0 Å². The van der Waals surface area contributed by atoms with E-state index in [0.717, 1.165) is 71.0 Å². The molecule has 0 radical (unpaired) electrons. The quantitative estimate of drug-likeness (QED) is 0.465. The van der Waals surface area contributed by atoms with Crippen LogP contribution in [0.25, 0.3) is 0 Å². The Bertz CT molecular complexity index is 1070. The van der Waals surface area contributed by atoms with E-state index in [-0.39, 0.29) is 12.1 Å². The molecule has 0 spiro atoms. The van der Waals surface area contributed by atoms with E-state index in [1.807, 2.05) is 54.7 Å². The first-order valence-electron chi connectivity index (χ1n) is 11.0. The molecule has 172 valence electrons. The molecule has 0 amide bonds. The molecule has 4 heterocycles. The van der Waals surface area contributed by atoms with Crippen molar-refractivity contribution in [3.8, 4) is 0 Å². The third-order valence-corrected chi connectivity index (χ3v) is 7.42. The Hall–Kier alpha value is -2.10. The fourth-order valence-electron chi connectivity index (χ4n) is 4.20. The second-order valence-electron chi connectivity index (χ2n) is 7.99. The molecule has 0 saturated carbocycles. The summed E-state index contributed by atoms with van der Waals surface area (Å²) >= 11 is 13.4. The number of hydrogen-bond acceptors (Lipinski definition) is 6. The van der Waals surface area contributed by atoms with Crippen LogP contribution >= 0.6 is 35.6 Å². The molecule has 0 aliphatic carbocycles. The first-order valence-corrected chi connectivity index (χ1v) is 12.6. The summed E-state index contributed by atoms with van der Waals surface area (Å²) in [4.78, 5) is 10.3. The van der Waals surface area contributed by atoms with Crippen LogP contribution in [0.3, 0.4) is 0 Å². The third-order valence-electron chi connectivity index (χ3n) is 5.88. The summed E-state index contributed by atoms with van der Waals surface area (Å²) in [7, 11) is 0. The van der Waals surface area contributed by atoms with Crippen molar-refractivity contribution in [2.45, 2.75) is 22.1 Å². The molecule has 33 heavy (non-hydrogen) atoms. The third kappa shape index (κ3) is 5.36. The van der Waals surface area contributed by atoms with Crippen molar-refractivity contribution in [2.75, 3.05) is 39.4 Å². The van der Waals surface area contributed by atoms with Crippen molar-refractivity contribution in [3.05, 3.63) is 77.3 Å². The molecule has 2 saturated heterocycles. The number of ether oxygens (including phenoxy) is 1. The van der Waals surface area contributed by atoms with Crippen molar-refractivity contribution in [2.24, 2.45) is 0 Å². The minimum absolute atomic E-state index is 0.0759. The van der Waals surface area contributed by atoms with Gasteiger partial charge < -0.3 is 19.4 Å². The molecule has 1 aromatic carbocycles. The maximum atomic E-state index is 6.35. The van der Waals surface area contributed by atoms with Crippen molar-refractivity contribution >= 4 is 40.7 Å². The van der Waals surface area contributed by atoms with E-state index in [1.54, 1.807) is 11.8 Å². The van der Waals surface area contributed by atoms with Gasteiger partial charge in [0, 0.05) is 42.3 Å². The monoisotopic (exact) mass is 500 g/mol. The predicted octanol–water partition coefficient (Wildman–Crippen LogP) is 4.78. The molecule has 6 nitrogen and oxygen atoms in total. The lowest BCUT2D eigenvalue weighted by atomic mass is 10.0. The smallest absolute Gasteiger partial charge is 0.170 e. The van der Waals surface area contributed by atoms with Crippen LogP contribution in [0.4, 0.5) is 0 Å². The highest BCUT2D eigenvalue weighted by Crippen LogP contribution is 2.41. The summed E-state index contributed by atoms with van der Waals surface area (Å²) in [5.74, 6) is 0.872. The summed E-state index contributed by atoms with van der Waals surface area (Å²) in [5.41, 5.74) is 0.946. The Morgan fingerprint density at radius 2 is 1.88 bits per heavy atom. The largest absolute Gasteiger partial charge is 0.452 e. The van der Waals surface area contributed by atoms with Gasteiger partial charge in [0.2, 0.25) is 0 Å². The number of rotatable bonds is 7. The molecule has 5 rings (SSSR count). The fourth-order valence-corrected chi connectivity index (χ4v) is 5.43. The number of hydrogen-bond donors (Lipinski definition) is 1. The fraction of sp³-hybridized carbons (Fsp3) is 0.333. The van der Waals surface area contributed by atoms with Gasteiger partial charge in [-0.2, -0.15) is 0 Å². The molecular formula is C24H25ClN4O2S2. The molecule has 9 heteroatoms. The van der Waals surface area contributed by atoms with E-state index >= 15 is 0 Å². The second kappa shape index (κ2) is 10.4. The Labute approximate surface area is 208 Å². The summed E-state index contributed by atoms with van der Waals surface area (Å²) in [6.45, 7) is 5.19. The van der Waals surface area contributed by atoms with Gasteiger partial charge in [-0.15, -0.1) is 0 Å². The van der Waals surface area contributed by atoms with Crippen molar-refractivity contribution < 1.29 is 9.15 Å². The highest BCUT2D eigenvalue weighted by molar-refractivity contribution is 7.99. The first kappa shape index (κ1) is 22.7. The number of aromatic nitrogens is 1. The van der Waals surface area contributed by atoms with Gasteiger partial charge in [0.25, 0.3) is 0 Å². The molecular weight excluding hydrogens is 476 g/mol. The number of halogens is 1. The van der Waals surface area contributed by atoms with Crippen LogP contribution in [-0.2, 0) is 4.74 Å². The zero-order valence-corrected chi connectivity index (χ0v) is 20.4. The number of nitrogens with zero attached hydrogens (tertiary/aromatic N) is 3. The van der Waals surface area contributed by atoms with Crippen molar-refractivity contribution in [3.63, 3.8) is 0 Å². The summed E-state index contributed by atoms with van der Waals surface area (Å²) in [6.07, 6.45) is 1.82. The minimum atomic E-state index is -0.0806. The standard InChI is InChI=1S/C24H25ClN4O2S2/c25-17-4-6-18(7-5-17)33-21-9-8-20(31-21)23-22(19-3-1-2-10-26-19)27-24(32)29(23)12-11-28-13-15-30-16-14-28/h1-10,22-23H,11-16H2,(H,27,32)/t22-,23+/m1/s1. The predicted molar refractivity (Wildman–Crippen MR) is 134 cm³/mol. The van der Waals surface area contributed by atoms with Gasteiger partial charge in [-0.25, -0.2) is 0 Å². The number of furan rings is 1. The van der Waals surface area contributed by atoms with E-state index in [1.165, 1.54) is 0 Å². The van der Waals surface area contributed by atoms with Crippen LogP contribution in [-0.4, -0.2) is 59.3 Å². The Morgan fingerprint density at radius 3 is 2.64 bits per heavy atom. The van der Waals surface area contributed by atoms with Gasteiger partial charge in [-0.1, -0.05) is 29.4 Å². The van der Waals surface area contributed by atoms with Crippen LogP contribution in [0.15, 0.2) is 75.2 Å². The topological polar surface area (TPSA) is 53.8 Å². The summed E-state index contributed by atoms with van der Waals surface area (Å²) in [6, 6.07) is 17.6. The van der Waals surface area contributed by atoms with Crippen LogP contribution in [0.5, 0.6) is 0 Å². The minimum Gasteiger partial charge on any atom is -0.452 e. The normalized spacial score (nSPS) is 21.4. The molecule has 2 fully saturated rings.